The molecule has 176 valence electrons. The number of benzene rings is 1. The Kier molecular flexibility index (Phi) is 4.81. The largest absolute Gasteiger partial charge is 0.394 e. The average Bonchev–Trinajstić information content (AvgIpc) is 2.92. The van der Waals surface area contributed by atoms with Crippen LogP contribution in [0.2, 0.25) is 5.02 Å². The quantitative estimate of drug-likeness (QED) is 0.651. The fourth-order valence-corrected chi connectivity index (χ4v) is 7.03. The van der Waals surface area contributed by atoms with Gasteiger partial charge < -0.3 is 15.3 Å². The van der Waals surface area contributed by atoms with Gasteiger partial charge in [-0.1, -0.05) is 23.7 Å². The maximum Gasteiger partial charge on any atom is 0.331 e. The highest BCUT2D eigenvalue weighted by molar-refractivity contribution is 7.86. The number of anilines is 2. The zero-order valence-electron chi connectivity index (χ0n) is 18.0. The van der Waals surface area contributed by atoms with Gasteiger partial charge in [-0.2, -0.15) is 13.8 Å². The van der Waals surface area contributed by atoms with Crippen molar-refractivity contribution >= 4 is 34.2 Å². The Morgan fingerprint density at radius 3 is 2.48 bits per heavy atom. The molecule has 3 fully saturated rings. The van der Waals surface area contributed by atoms with Crippen LogP contribution in [0.3, 0.4) is 0 Å². The smallest absolute Gasteiger partial charge is 0.331 e. The molecule has 6 rings (SSSR count). The highest BCUT2D eigenvalue weighted by Crippen LogP contribution is 2.57. The van der Waals surface area contributed by atoms with E-state index in [0.717, 1.165) is 50.2 Å². The molecule has 2 aromatic rings. The van der Waals surface area contributed by atoms with Crippen LogP contribution < -0.4 is 10.2 Å². The molecule has 1 atom stereocenters. The van der Waals surface area contributed by atoms with Crippen molar-refractivity contribution in [3.63, 3.8) is 0 Å². The minimum Gasteiger partial charge on any atom is -0.394 e. The van der Waals surface area contributed by atoms with Crippen molar-refractivity contribution in [2.75, 3.05) is 29.9 Å². The van der Waals surface area contributed by atoms with Crippen LogP contribution in [0.5, 0.6) is 0 Å². The van der Waals surface area contributed by atoms with E-state index in [0.29, 0.717) is 11.9 Å². The second kappa shape index (κ2) is 7.33. The predicted molar refractivity (Wildman–Crippen MR) is 122 cm³/mol. The van der Waals surface area contributed by atoms with Crippen LogP contribution in [-0.4, -0.2) is 49.8 Å². The molecule has 0 radical (unpaired) electrons. The fraction of sp³-hybridized carbons (Fsp3) is 0.565. The van der Waals surface area contributed by atoms with Gasteiger partial charge in [0.15, 0.2) is 0 Å². The molecule has 6 nitrogen and oxygen atoms in total. The number of hydrogen-bond donors (Lipinski definition) is 2. The monoisotopic (exact) mass is 494 g/mol. The molecule has 0 unspecified atom stereocenters. The van der Waals surface area contributed by atoms with Gasteiger partial charge in [-0.3, -0.25) is 0 Å². The van der Waals surface area contributed by atoms with Gasteiger partial charge in [0.2, 0.25) is 5.95 Å². The minimum absolute atomic E-state index is 0.00911. The summed E-state index contributed by atoms with van der Waals surface area (Å²) in [5.74, 6) is 1.10. The molecule has 0 amide bonds. The Hall–Kier alpha value is -1.84. The molecule has 10 heteroatoms. The highest BCUT2D eigenvalue weighted by Gasteiger charge is 2.54. The van der Waals surface area contributed by atoms with E-state index in [1.807, 2.05) is 17.0 Å². The third-order valence-electron chi connectivity index (χ3n) is 7.79. The third-order valence-corrected chi connectivity index (χ3v) is 9.52. The molecule has 0 bridgehead atoms. The Balaban J connectivity index is 1.22. The van der Waals surface area contributed by atoms with Crippen molar-refractivity contribution in [3.05, 3.63) is 40.5 Å². The zero-order valence-corrected chi connectivity index (χ0v) is 19.6. The normalized spacial score (nSPS) is 26.3. The number of nitrogens with one attached hydrogen (secondary N) is 1. The van der Waals surface area contributed by atoms with Crippen molar-refractivity contribution < 1.29 is 18.1 Å². The van der Waals surface area contributed by atoms with Crippen LogP contribution in [0.4, 0.5) is 20.5 Å². The minimum atomic E-state index is -3.35. The van der Waals surface area contributed by atoms with Crippen LogP contribution in [-0.2, 0) is 17.2 Å². The van der Waals surface area contributed by atoms with Crippen LogP contribution >= 0.6 is 11.6 Å². The van der Waals surface area contributed by atoms with Crippen LogP contribution in [0.25, 0.3) is 0 Å². The van der Waals surface area contributed by atoms with Crippen LogP contribution in [0, 0.1) is 5.41 Å². The summed E-state index contributed by atoms with van der Waals surface area (Å²) in [5.41, 5.74) is 1.06. The first kappa shape index (κ1) is 21.7. The first-order chi connectivity index (χ1) is 15.7. The molecule has 2 N–H and O–H groups in total. The van der Waals surface area contributed by atoms with Crippen molar-refractivity contribution in [3.8, 4) is 0 Å². The van der Waals surface area contributed by atoms with Gasteiger partial charge in [0, 0.05) is 23.5 Å². The maximum absolute atomic E-state index is 14.3. The molecule has 2 saturated carbocycles. The van der Waals surface area contributed by atoms with E-state index in [1.165, 1.54) is 5.56 Å². The Morgan fingerprint density at radius 2 is 1.88 bits per heavy atom. The molecule has 3 heterocycles. The molecule has 4 aliphatic rings. The summed E-state index contributed by atoms with van der Waals surface area (Å²) in [6.07, 6.45) is 3.87. The lowest BCUT2D eigenvalue weighted by Crippen LogP contribution is -2.62. The summed E-state index contributed by atoms with van der Waals surface area (Å²) < 4.78 is 41.1. The molecule has 1 saturated heterocycles. The van der Waals surface area contributed by atoms with E-state index in [9.17, 15) is 18.1 Å². The van der Waals surface area contributed by atoms with Gasteiger partial charge >= 0.3 is 5.25 Å². The number of rotatable bonds is 5. The van der Waals surface area contributed by atoms with E-state index in [4.69, 9.17) is 11.6 Å². The van der Waals surface area contributed by atoms with Gasteiger partial charge in [0.05, 0.1) is 24.3 Å². The number of hydrogen-bond acceptors (Lipinski definition) is 6. The molecule has 1 aromatic carbocycles. The lowest BCUT2D eigenvalue weighted by Gasteiger charge is -2.59. The first-order valence-electron chi connectivity index (χ1n) is 11.3. The van der Waals surface area contributed by atoms with E-state index in [-0.39, 0.29) is 28.4 Å². The number of fused-ring (bicyclic) bond motifs is 1. The van der Waals surface area contributed by atoms with Gasteiger partial charge in [0.1, 0.15) is 21.5 Å². The average molecular weight is 495 g/mol. The second-order valence-corrected chi connectivity index (χ2v) is 12.1. The topological polar surface area (TPSA) is 78.4 Å². The first-order valence-corrected chi connectivity index (χ1v) is 12.8. The van der Waals surface area contributed by atoms with Gasteiger partial charge in [-0.15, -0.1) is 0 Å². The molecule has 33 heavy (non-hydrogen) atoms. The molecular weight excluding hydrogens is 470 g/mol. The zero-order chi connectivity index (χ0) is 23.0. The number of alkyl halides is 2. The summed E-state index contributed by atoms with van der Waals surface area (Å²) in [6, 6.07) is 8.00. The van der Waals surface area contributed by atoms with Gasteiger partial charge in [-0.25, -0.2) is 9.19 Å². The number of halogens is 3. The summed E-state index contributed by atoms with van der Waals surface area (Å²) in [7, 11) is -2.50. The van der Waals surface area contributed by atoms with Crippen molar-refractivity contribution in [2.45, 2.75) is 60.1 Å². The number of aliphatic hydroxyl groups is 1. The van der Waals surface area contributed by atoms with E-state index in [2.05, 4.69) is 27.4 Å². The van der Waals surface area contributed by atoms with Crippen molar-refractivity contribution in [1.29, 1.82) is 0 Å². The molecule has 2 aliphatic carbocycles. The van der Waals surface area contributed by atoms with Gasteiger partial charge in [0.25, 0.3) is 0 Å². The lowest BCUT2D eigenvalue weighted by atomic mass is 9.56. The van der Waals surface area contributed by atoms with Crippen LogP contribution in [0.1, 0.15) is 49.3 Å². The molecule has 1 aromatic heterocycles. The Labute approximate surface area is 198 Å². The molecular formula is C23H25ClF2N4O2S. The lowest BCUT2D eigenvalue weighted by molar-refractivity contribution is 0.0619. The van der Waals surface area contributed by atoms with Gasteiger partial charge in [-0.05, 0) is 55.7 Å². The summed E-state index contributed by atoms with van der Waals surface area (Å²) in [6.45, 7) is 1.43. The summed E-state index contributed by atoms with van der Waals surface area (Å²) >= 11 is 6.00. The third kappa shape index (κ3) is 3.46. The van der Waals surface area contributed by atoms with E-state index >= 15 is 0 Å². The Bertz CT molecular complexity index is 1120. The number of nitrogens with zero attached hydrogens (tertiary/aromatic N) is 3. The highest BCUT2D eigenvalue weighted by atomic mass is 35.5. The summed E-state index contributed by atoms with van der Waals surface area (Å²) in [4.78, 5) is 11.0. The Morgan fingerprint density at radius 1 is 1.18 bits per heavy atom. The molecule has 2 aliphatic heterocycles. The molecule has 1 spiro atoms. The van der Waals surface area contributed by atoms with E-state index in [1.54, 1.807) is 0 Å². The SMILES string of the molecule is O=[S@@]1c2c(nc(N3CC4(CC(c5ccc(Cl)cc5)C4)C3)nc2NC2(CO)CCC2)CC1(F)F. The van der Waals surface area contributed by atoms with Crippen LogP contribution in [0.15, 0.2) is 29.2 Å². The second-order valence-electron chi connectivity index (χ2n) is 10.2. The standard InChI is InChI=1S/C23H25ClF2N4O2S/c24-16-4-2-14(3-5-16)15-8-21(9-15)11-30(12-21)20-27-17-10-23(25,26)33(32)18(17)19(28-20)29-22(13-31)6-1-7-22/h2-5,15,31H,1,6-13H2,(H,27,28,29)/t33-/m1/s1. The number of aromatic nitrogens is 2. The maximum atomic E-state index is 14.3. The summed E-state index contributed by atoms with van der Waals surface area (Å²) in [5, 5.41) is 10.4. The number of aliphatic hydroxyl groups excluding tert-OH is 1. The fourth-order valence-electron chi connectivity index (χ4n) is 5.73. The predicted octanol–water partition coefficient (Wildman–Crippen LogP) is 4.10. The van der Waals surface area contributed by atoms with Crippen molar-refractivity contribution in [1.82, 2.24) is 9.97 Å². The van der Waals surface area contributed by atoms with Crippen molar-refractivity contribution in [2.24, 2.45) is 5.41 Å². The van der Waals surface area contributed by atoms with E-state index < -0.39 is 28.0 Å².